The predicted molar refractivity (Wildman–Crippen MR) is 97.6 cm³/mol. The Bertz CT molecular complexity index is 734. The Hall–Kier alpha value is -2.53. The van der Waals surface area contributed by atoms with Crippen LogP contribution in [0.1, 0.15) is 35.7 Å². The Morgan fingerprint density at radius 3 is 2.52 bits per heavy atom. The quantitative estimate of drug-likeness (QED) is 0.742. The Balaban J connectivity index is 1.85. The summed E-state index contributed by atoms with van der Waals surface area (Å²) >= 11 is 6.06. The fourth-order valence-electron chi connectivity index (χ4n) is 2.20. The molecule has 25 heavy (non-hydrogen) atoms. The lowest BCUT2D eigenvalue weighted by Crippen LogP contribution is -2.41. The van der Waals surface area contributed by atoms with Crippen molar-refractivity contribution in [2.24, 2.45) is 0 Å². The molecule has 0 saturated carbocycles. The van der Waals surface area contributed by atoms with E-state index < -0.39 is 5.91 Å². The second-order valence-electron chi connectivity index (χ2n) is 5.44. The smallest absolute Gasteiger partial charge is 0.273 e. The van der Waals surface area contributed by atoms with E-state index in [1.807, 2.05) is 25.1 Å². The van der Waals surface area contributed by atoms with Gasteiger partial charge in [-0.25, -0.2) is 0 Å². The zero-order valence-corrected chi connectivity index (χ0v) is 14.8. The van der Waals surface area contributed by atoms with Crippen molar-refractivity contribution in [2.75, 3.05) is 6.61 Å². The summed E-state index contributed by atoms with van der Waals surface area (Å²) in [5.74, 6) is -0.217. The van der Waals surface area contributed by atoms with E-state index in [0.717, 1.165) is 12.0 Å². The second-order valence-corrected chi connectivity index (χ2v) is 5.85. The predicted octanol–water partition coefficient (Wildman–Crippen LogP) is 3.52. The molecule has 2 aromatic rings. The Morgan fingerprint density at radius 2 is 1.76 bits per heavy atom. The van der Waals surface area contributed by atoms with E-state index in [2.05, 4.69) is 10.9 Å². The van der Waals surface area contributed by atoms with Gasteiger partial charge in [-0.3, -0.25) is 20.4 Å². The van der Waals surface area contributed by atoms with Gasteiger partial charge in [0.2, 0.25) is 5.91 Å². The third kappa shape index (κ3) is 5.80. The number of carbonyl (C=O) groups excluding carboxylic acids is 2. The Kier molecular flexibility index (Phi) is 7.29. The van der Waals surface area contributed by atoms with Crippen molar-refractivity contribution in [2.45, 2.75) is 26.2 Å². The molecule has 0 aliphatic carbocycles. The van der Waals surface area contributed by atoms with Crippen molar-refractivity contribution in [1.82, 2.24) is 10.9 Å². The molecular formula is C19H21ClN2O3. The molecule has 0 fully saturated rings. The van der Waals surface area contributed by atoms with E-state index >= 15 is 0 Å². The summed E-state index contributed by atoms with van der Waals surface area (Å²) in [5.41, 5.74) is 6.10. The molecule has 2 aromatic carbocycles. The van der Waals surface area contributed by atoms with Gasteiger partial charge >= 0.3 is 0 Å². The molecule has 0 saturated heterocycles. The number of hydrazine groups is 1. The molecule has 0 heterocycles. The zero-order valence-electron chi connectivity index (χ0n) is 14.0. The van der Waals surface area contributed by atoms with Crippen LogP contribution in [0.4, 0.5) is 0 Å². The van der Waals surface area contributed by atoms with Crippen LogP contribution in [0.25, 0.3) is 0 Å². The molecule has 0 radical (unpaired) electrons. The van der Waals surface area contributed by atoms with Gasteiger partial charge in [0.25, 0.3) is 5.91 Å². The summed E-state index contributed by atoms with van der Waals surface area (Å²) in [4.78, 5) is 24.2. The van der Waals surface area contributed by atoms with E-state index in [1.54, 1.807) is 30.3 Å². The average molecular weight is 361 g/mol. The lowest BCUT2D eigenvalue weighted by molar-refractivity contribution is -0.121. The number of rotatable bonds is 7. The van der Waals surface area contributed by atoms with E-state index in [0.29, 0.717) is 29.4 Å². The minimum Gasteiger partial charge on any atom is -0.493 e. The highest BCUT2D eigenvalue weighted by Gasteiger charge is 2.13. The number of ether oxygens (including phenoxy) is 1. The first-order chi connectivity index (χ1) is 12.1. The molecule has 0 atom stereocenters. The van der Waals surface area contributed by atoms with Gasteiger partial charge in [-0.1, -0.05) is 48.9 Å². The average Bonchev–Trinajstić information content (AvgIpc) is 2.64. The minimum absolute atomic E-state index is 0.220. The molecular weight excluding hydrogens is 340 g/mol. The highest BCUT2D eigenvalue weighted by atomic mass is 35.5. The summed E-state index contributed by atoms with van der Waals surface area (Å²) in [6.07, 6.45) is 1.56. The van der Waals surface area contributed by atoms with Crippen LogP contribution in [0.15, 0.2) is 48.5 Å². The van der Waals surface area contributed by atoms with E-state index in [1.165, 1.54) is 0 Å². The zero-order chi connectivity index (χ0) is 18.1. The molecule has 0 aliphatic heterocycles. The maximum absolute atomic E-state index is 12.2. The van der Waals surface area contributed by atoms with Crippen LogP contribution in [0.2, 0.25) is 5.02 Å². The van der Waals surface area contributed by atoms with Crippen molar-refractivity contribution < 1.29 is 14.3 Å². The maximum atomic E-state index is 12.2. The van der Waals surface area contributed by atoms with Crippen LogP contribution in [0.3, 0.4) is 0 Å². The normalized spacial score (nSPS) is 10.2. The number of nitrogens with one attached hydrogen (secondary N) is 2. The van der Waals surface area contributed by atoms with Crippen molar-refractivity contribution >= 4 is 23.4 Å². The SMILES string of the molecule is CCCOc1ccccc1C(=O)NNC(=O)CCc1ccccc1Cl. The summed E-state index contributed by atoms with van der Waals surface area (Å²) in [6.45, 7) is 2.51. The highest BCUT2D eigenvalue weighted by Crippen LogP contribution is 2.18. The van der Waals surface area contributed by atoms with Gasteiger partial charge in [0.15, 0.2) is 0 Å². The first-order valence-corrected chi connectivity index (χ1v) is 8.54. The van der Waals surface area contributed by atoms with Gasteiger partial charge < -0.3 is 4.74 Å². The van der Waals surface area contributed by atoms with Crippen LogP contribution in [0.5, 0.6) is 5.75 Å². The summed E-state index contributed by atoms with van der Waals surface area (Å²) < 4.78 is 5.54. The molecule has 6 heteroatoms. The Morgan fingerprint density at radius 1 is 1.04 bits per heavy atom. The molecule has 2 N–H and O–H groups in total. The Labute approximate surface area is 152 Å². The molecule has 0 aliphatic rings. The van der Waals surface area contributed by atoms with Gasteiger partial charge in [-0.2, -0.15) is 0 Å². The van der Waals surface area contributed by atoms with E-state index in [9.17, 15) is 9.59 Å². The van der Waals surface area contributed by atoms with Gasteiger partial charge in [-0.15, -0.1) is 0 Å². The summed E-state index contributed by atoms with van der Waals surface area (Å²) in [6, 6.07) is 14.3. The van der Waals surface area contributed by atoms with Gasteiger partial charge in [-0.05, 0) is 36.6 Å². The monoisotopic (exact) mass is 360 g/mol. The number of para-hydroxylation sites is 1. The molecule has 0 bridgehead atoms. The van der Waals surface area contributed by atoms with Gasteiger partial charge in [0.1, 0.15) is 5.75 Å². The molecule has 132 valence electrons. The fraction of sp³-hybridized carbons (Fsp3) is 0.263. The molecule has 2 rings (SSSR count). The minimum atomic E-state index is -0.419. The van der Waals surface area contributed by atoms with Crippen molar-refractivity contribution in [3.8, 4) is 5.75 Å². The van der Waals surface area contributed by atoms with Crippen LogP contribution < -0.4 is 15.6 Å². The summed E-state index contributed by atoms with van der Waals surface area (Å²) in [5, 5.41) is 0.626. The lowest BCUT2D eigenvalue weighted by atomic mass is 10.1. The number of hydrogen-bond acceptors (Lipinski definition) is 3. The topological polar surface area (TPSA) is 67.4 Å². The molecule has 0 spiro atoms. The van der Waals surface area contributed by atoms with E-state index in [4.69, 9.17) is 16.3 Å². The van der Waals surface area contributed by atoms with Gasteiger partial charge in [0, 0.05) is 11.4 Å². The number of halogens is 1. The standard InChI is InChI=1S/C19H21ClN2O3/c1-2-13-25-17-10-6-4-8-15(17)19(24)22-21-18(23)12-11-14-7-3-5-9-16(14)20/h3-10H,2,11-13H2,1H3,(H,21,23)(H,22,24). The number of amides is 2. The highest BCUT2D eigenvalue weighted by molar-refractivity contribution is 6.31. The first kappa shape index (κ1) is 18.8. The van der Waals surface area contributed by atoms with Crippen LogP contribution in [0, 0.1) is 0 Å². The van der Waals surface area contributed by atoms with Crippen molar-refractivity contribution in [1.29, 1.82) is 0 Å². The molecule has 5 nitrogen and oxygen atoms in total. The van der Waals surface area contributed by atoms with Gasteiger partial charge in [0.05, 0.1) is 12.2 Å². The lowest BCUT2D eigenvalue weighted by Gasteiger charge is -2.12. The molecule has 0 unspecified atom stereocenters. The maximum Gasteiger partial charge on any atom is 0.273 e. The molecule has 0 aromatic heterocycles. The third-order valence-electron chi connectivity index (χ3n) is 3.49. The molecule has 2 amide bonds. The van der Waals surface area contributed by atoms with Crippen LogP contribution in [-0.2, 0) is 11.2 Å². The third-order valence-corrected chi connectivity index (χ3v) is 3.86. The number of benzene rings is 2. The second kappa shape index (κ2) is 9.69. The number of carbonyl (C=O) groups is 2. The first-order valence-electron chi connectivity index (χ1n) is 8.16. The fourth-order valence-corrected chi connectivity index (χ4v) is 2.43. The van der Waals surface area contributed by atoms with Crippen molar-refractivity contribution in [3.05, 3.63) is 64.7 Å². The van der Waals surface area contributed by atoms with Crippen molar-refractivity contribution in [3.63, 3.8) is 0 Å². The van der Waals surface area contributed by atoms with Crippen LogP contribution >= 0.6 is 11.6 Å². The van der Waals surface area contributed by atoms with E-state index in [-0.39, 0.29) is 12.3 Å². The number of hydrogen-bond donors (Lipinski definition) is 2. The largest absolute Gasteiger partial charge is 0.493 e. The van der Waals surface area contributed by atoms with Crippen LogP contribution in [-0.4, -0.2) is 18.4 Å². The number of aryl methyl sites for hydroxylation is 1. The summed E-state index contributed by atoms with van der Waals surface area (Å²) in [7, 11) is 0.